The summed E-state index contributed by atoms with van der Waals surface area (Å²) in [5, 5.41) is 9.38. The number of esters is 1. The summed E-state index contributed by atoms with van der Waals surface area (Å²) in [5.74, 6) is -0.954. The zero-order valence-electron chi connectivity index (χ0n) is 13.1. The highest BCUT2D eigenvalue weighted by Crippen LogP contribution is 2.21. The van der Waals surface area contributed by atoms with Crippen LogP contribution in [-0.2, 0) is 22.6 Å². The molecule has 0 saturated carbocycles. The lowest BCUT2D eigenvalue weighted by Crippen LogP contribution is -2.23. The van der Waals surface area contributed by atoms with Crippen molar-refractivity contribution in [3.05, 3.63) is 76.0 Å². The molecule has 5 nitrogen and oxygen atoms in total. The summed E-state index contributed by atoms with van der Waals surface area (Å²) in [5.41, 5.74) is 2.34. The number of halogens is 2. The first-order valence-electron chi connectivity index (χ1n) is 7.46. The van der Waals surface area contributed by atoms with Crippen LogP contribution in [0.4, 0.5) is 4.39 Å². The van der Waals surface area contributed by atoms with Gasteiger partial charge >= 0.3 is 5.97 Å². The summed E-state index contributed by atoms with van der Waals surface area (Å²) >= 11 is 5.81. The van der Waals surface area contributed by atoms with Crippen LogP contribution in [0.1, 0.15) is 16.7 Å². The first kappa shape index (κ1) is 16.9. The van der Waals surface area contributed by atoms with Gasteiger partial charge in [-0.15, -0.1) is 0 Å². The van der Waals surface area contributed by atoms with E-state index in [1.165, 1.54) is 18.2 Å². The van der Waals surface area contributed by atoms with Crippen LogP contribution >= 0.6 is 11.6 Å². The van der Waals surface area contributed by atoms with E-state index in [2.05, 4.69) is 4.98 Å². The van der Waals surface area contributed by atoms with Crippen LogP contribution in [0.5, 0.6) is 0 Å². The van der Waals surface area contributed by atoms with Crippen molar-refractivity contribution < 1.29 is 13.9 Å². The van der Waals surface area contributed by atoms with Crippen molar-refractivity contribution in [2.75, 3.05) is 6.61 Å². The topological polar surface area (TPSA) is 66.2 Å². The second-order valence-corrected chi connectivity index (χ2v) is 5.90. The number of nitriles is 1. The summed E-state index contributed by atoms with van der Waals surface area (Å²) in [6.45, 7) is 1.03. The second-order valence-electron chi connectivity index (χ2n) is 5.51. The molecule has 1 aliphatic rings. The standard InChI is InChI=1S/C18H13ClFN3O2/c19-17-4-2-13(8-22-17)10-23(15-6-18(24)25-11-15)9-12-1-3-16(20)14(5-12)7-21/h1-6,8H,9-11H2. The van der Waals surface area contributed by atoms with Crippen LogP contribution in [0.15, 0.2) is 48.3 Å². The summed E-state index contributed by atoms with van der Waals surface area (Å²) in [6, 6.07) is 9.73. The molecule has 0 amide bonds. The lowest BCUT2D eigenvalue weighted by Gasteiger charge is -2.25. The quantitative estimate of drug-likeness (QED) is 0.607. The van der Waals surface area contributed by atoms with Gasteiger partial charge in [-0.05, 0) is 29.3 Å². The predicted molar refractivity (Wildman–Crippen MR) is 88.7 cm³/mol. The third-order valence-electron chi connectivity index (χ3n) is 3.74. The predicted octanol–water partition coefficient (Wildman–Crippen LogP) is 3.19. The zero-order chi connectivity index (χ0) is 17.8. The number of pyridine rings is 1. The van der Waals surface area contributed by atoms with Crippen molar-refractivity contribution in [2.24, 2.45) is 0 Å². The molecule has 25 heavy (non-hydrogen) atoms. The van der Waals surface area contributed by atoms with Crippen molar-refractivity contribution in [1.82, 2.24) is 9.88 Å². The molecule has 0 radical (unpaired) electrons. The van der Waals surface area contributed by atoms with E-state index in [0.717, 1.165) is 11.1 Å². The van der Waals surface area contributed by atoms with Crippen LogP contribution in [-0.4, -0.2) is 22.5 Å². The molecule has 3 rings (SSSR count). The second kappa shape index (κ2) is 7.32. The van der Waals surface area contributed by atoms with Crippen LogP contribution in [0, 0.1) is 17.1 Å². The minimum atomic E-state index is -0.557. The molecule has 0 fully saturated rings. The van der Waals surface area contributed by atoms with E-state index in [-0.39, 0.29) is 12.2 Å². The fourth-order valence-electron chi connectivity index (χ4n) is 2.50. The molecule has 2 aromatic rings. The lowest BCUT2D eigenvalue weighted by molar-refractivity contribution is -0.135. The molecule has 0 unspecified atom stereocenters. The highest BCUT2D eigenvalue weighted by Gasteiger charge is 2.20. The number of hydrogen-bond acceptors (Lipinski definition) is 5. The molecule has 1 aromatic carbocycles. The molecule has 0 atom stereocenters. The van der Waals surface area contributed by atoms with E-state index < -0.39 is 11.8 Å². The van der Waals surface area contributed by atoms with Crippen LogP contribution < -0.4 is 0 Å². The van der Waals surface area contributed by atoms with E-state index in [0.29, 0.717) is 23.9 Å². The highest BCUT2D eigenvalue weighted by atomic mass is 35.5. The van der Waals surface area contributed by atoms with Crippen LogP contribution in [0.3, 0.4) is 0 Å². The minimum absolute atomic E-state index is 0.0154. The van der Waals surface area contributed by atoms with Crippen molar-refractivity contribution in [1.29, 1.82) is 5.26 Å². The summed E-state index contributed by atoms with van der Waals surface area (Å²) in [6.07, 6.45) is 3.08. The Morgan fingerprint density at radius 2 is 2.04 bits per heavy atom. The van der Waals surface area contributed by atoms with E-state index in [4.69, 9.17) is 21.6 Å². The smallest absolute Gasteiger partial charge is 0.333 e. The van der Waals surface area contributed by atoms with Crippen molar-refractivity contribution >= 4 is 17.6 Å². The van der Waals surface area contributed by atoms with Gasteiger partial charge in [0.2, 0.25) is 0 Å². The van der Waals surface area contributed by atoms with Gasteiger partial charge in [-0.3, -0.25) is 0 Å². The molecule has 0 N–H and O–H groups in total. The molecule has 1 aliphatic heterocycles. The Kier molecular flexibility index (Phi) is 4.96. The van der Waals surface area contributed by atoms with E-state index >= 15 is 0 Å². The zero-order valence-corrected chi connectivity index (χ0v) is 13.8. The fourth-order valence-corrected chi connectivity index (χ4v) is 2.62. The maximum absolute atomic E-state index is 13.5. The number of aromatic nitrogens is 1. The summed E-state index contributed by atoms with van der Waals surface area (Å²) in [4.78, 5) is 17.4. The number of carbonyl (C=O) groups excluding carboxylic acids is 1. The molecule has 2 heterocycles. The number of ether oxygens (including phenoxy) is 1. The SMILES string of the molecule is N#Cc1cc(CN(Cc2ccc(Cl)nc2)C2=CC(=O)OC2)ccc1F. The van der Waals surface area contributed by atoms with Gasteiger partial charge in [0.05, 0.1) is 11.3 Å². The van der Waals surface area contributed by atoms with Crippen LogP contribution in [0.2, 0.25) is 5.15 Å². The third-order valence-corrected chi connectivity index (χ3v) is 3.96. The molecule has 0 bridgehead atoms. The Labute approximate surface area is 148 Å². The van der Waals surface area contributed by atoms with Crippen molar-refractivity contribution in [3.63, 3.8) is 0 Å². The lowest BCUT2D eigenvalue weighted by atomic mass is 10.1. The van der Waals surface area contributed by atoms with Gasteiger partial charge in [-0.25, -0.2) is 14.2 Å². The maximum Gasteiger partial charge on any atom is 0.333 e. The average molecular weight is 358 g/mol. The molecular weight excluding hydrogens is 345 g/mol. The fraction of sp³-hybridized carbons (Fsp3) is 0.167. The molecule has 0 spiro atoms. The van der Waals surface area contributed by atoms with Gasteiger partial charge in [0.1, 0.15) is 23.6 Å². The Hall–Kier alpha value is -2.91. The van der Waals surface area contributed by atoms with Crippen molar-refractivity contribution in [2.45, 2.75) is 13.1 Å². The molecule has 0 saturated heterocycles. The van der Waals surface area contributed by atoms with E-state index in [1.54, 1.807) is 18.3 Å². The number of carbonyl (C=O) groups is 1. The van der Waals surface area contributed by atoms with Crippen LogP contribution in [0.25, 0.3) is 0 Å². The van der Waals surface area contributed by atoms with Crippen molar-refractivity contribution in [3.8, 4) is 6.07 Å². The van der Waals surface area contributed by atoms with Gasteiger partial charge in [-0.2, -0.15) is 5.26 Å². The number of hydrogen-bond donors (Lipinski definition) is 0. The Bertz CT molecular complexity index is 875. The first-order valence-corrected chi connectivity index (χ1v) is 7.84. The van der Waals surface area contributed by atoms with Gasteiger partial charge in [-0.1, -0.05) is 23.7 Å². The largest absolute Gasteiger partial charge is 0.456 e. The number of benzene rings is 1. The first-order chi connectivity index (χ1) is 12.0. The van der Waals surface area contributed by atoms with E-state index in [9.17, 15) is 9.18 Å². The Morgan fingerprint density at radius 3 is 2.68 bits per heavy atom. The maximum atomic E-state index is 13.5. The Balaban J connectivity index is 1.86. The van der Waals surface area contributed by atoms with Gasteiger partial charge in [0.15, 0.2) is 0 Å². The molecule has 1 aromatic heterocycles. The Morgan fingerprint density at radius 1 is 1.28 bits per heavy atom. The molecule has 7 heteroatoms. The van der Waals surface area contributed by atoms with E-state index in [1.807, 2.05) is 17.0 Å². The third kappa shape index (κ3) is 4.14. The number of nitrogens with zero attached hydrogens (tertiary/aromatic N) is 3. The van der Waals surface area contributed by atoms with Gasteiger partial charge in [0.25, 0.3) is 0 Å². The summed E-state index contributed by atoms with van der Waals surface area (Å²) < 4.78 is 18.5. The molecule has 0 aliphatic carbocycles. The monoisotopic (exact) mass is 357 g/mol. The molecule has 126 valence electrons. The highest BCUT2D eigenvalue weighted by molar-refractivity contribution is 6.29. The minimum Gasteiger partial charge on any atom is -0.456 e. The van der Waals surface area contributed by atoms with Gasteiger partial charge < -0.3 is 9.64 Å². The molecular formula is C18H13ClFN3O2. The number of rotatable bonds is 5. The average Bonchev–Trinajstić information content (AvgIpc) is 3.04. The summed E-state index contributed by atoms with van der Waals surface area (Å²) in [7, 11) is 0. The normalized spacial score (nSPS) is 13.2. The van der Waals surface area contributed by atoms with Gasteiger partial charge in [0, 0.05) is 25.4 Å². The number of cyclic esters (lactones) is 1.